The van der Waals surface area contributed by atoms with Crippen LogP contribution in [0.25, 0.3) is 0 Å². The summed E-state index contributed by atoms with van der Waals surface area (Å²) in [6.45, 7) is 1.05. The molecule has 192 valence electrons. The lowest BCUT2D eigenvalue weighted by Crippen LogP contribution is -2.58. The Balaban J connectivity index is 1.28. The summed E-state index contributed by atoms with van der Waals surface area (Å²) >= 11 is 0. The Kier molecular flexibility index (Phi) is 6.80. The van der Waals surface area contributed by atoms with Crippen LogP contribution in [0, 0.1) is 5.82 Å². The lowest BCUT2D eigenvalue weighted by atomic mass is 9.85. The highest BCUT2D eigenvalue weighted by Gasteiger charge is 2.54. The highest BCUT2D eigenvalue weighted by Crippen LogP contribution is 2.39. The molecule has 2 aromatic carbocycles. The summed E-state index contributed by atoms with van der Waals surface area (Å²) in [6.07, 6.45) is 2.31. The van der Waals surface area contributed by atoms with E-state index in [0.717, 1.165) is 5.69 Å². The molecular formula is C27H28FN5O4. The van der Waals surface area contributed by atoms with Crippen LogP contribution in [0.2, 0.25) is 0 Å². The predicted octanol–water partition coefficient (Wildman–Crippen LogP) is 3.41. The first-order chi connectivity index (χ1) is 18.0. The topological polar surface area (TPSA) is 98.1 Å². The van der Waals surface area contributed by atoms with E-state index in [1.807, 2.05) is 35.2 Å². The van der Waals surface area contributed by atoms with E-state index in [-0.39, 0.29) is 37.3 Å². The van der Waals surface area contributed by atoms with Crippen molar-refractivity contribution >= 4 is 29.2 Å². The third-order valence-corrected chi connectivity index (χ3v) is 6.95. The maximum atomic E-state index is 14.0. The molecule has 3 aromatic rings. The SMILES string of the molecule is O=C(CN1CN(c2ccccc2)C2(CCN(C(=O)Nc3ccccc3F)CC2)C1=O)NCc1ccco1. The van der Waals surface area contributed by atoms with Gasteiger partial charge in [-0.15, -0.1) is 0 Å². The summed E-state index contributed by atoms with van der Waals surface area (Å²) in [7, 11) is 0. The number of carbonyl (C=O) groups is 3. The van der Waals surface area contributed by atoms with Gasteiger partial charge in [-0.3, -0.25) is 9.59 Å². The fourth-order valence-electron chi connectivity index (χ4n) is 4.99. The number of carbonyl (C=O) groups excluding carboxylic acids is 3. The molecule has 0 aliphatic carbocycles. The Hall–Kier alpha value is -4.34. The van der Waals surface area contributed by atoms with Gasteiger partial charge in [0.2, 0.25) is 5.91 Å². The average molecular weight is 506 g/mol. The van der Waals surface area contributed by atoms with Crippen molar-refractivity contribution in [3.63, 3.8) is 0 Å². The van der Waals surface area contributed by atoms with Crippen molar-refractivity contribution in [1.29, 1.82) is 0 Å². The highest BCUT2D eigenvalue weighted by molar-refractivity contribution is 5.97. The van der Waals surface area contributed by atoms with Gasteiger partial charge in [0.15, 0.2) is 0 Å². The predicted molar refractivity (Wildman–Crippen MR) is 135 cm³/mol. The number of piperidine rings is 1. The van der Waals surface area contributed by atoms with Gasteiger partial charge in [0.25, 0.3) is 5.91 Å². The Bertz CT molecular complexity index is 1260. The fraction of sp³-hybridized carbons (Fsp3) is 0.296. The van der Waals surface area contributed by atoms with Gasteiger partial charge >= 0.3 is 6.03 Å². The van der Waals surface area contributed by atoms with E-state index in [0.29, 0.717) is 31.7 Å². The minimum Gasteiger partial charge on any atom is -0.467 e. The first-order valence-electron chi connectivity index (χ1n) is 12.2. The lowest BCUT2D eigenvalue weighted by molar-refractivity contribution is -0.137. The number of nitrogens with zero attached hydrogens (tertiary/aromatic N) is 3. The number of anilines is 2. The van der Waals surface area contributed by atoms with Crippen LogP contribution in [-0.2, 0) is 16.1 Å². The Morgan fingerprint density at radius 3 is 2.41 bits per heavy atom. The number of hydrogen-bond acceptors (Lipinski definition) is 5. The maximum Gasteiger partial charge on any atom is 0.321 e. The van der Waals surface area contributed by atoms with Crippen LogP contribution in [0.5, 0.6) is 0 Å². The fourth-order valence-corrected chi connectivity index (χ4v) is 4.99. The zero-order chi connectivity index (χ0) is 25.8. The van der Waals surface area contributed by atoms with Gasteiger partial charge < -0.3 is 29.8 Å². The molecule has 0 unspecified atom stereocenters. The first kappa shape index (κ1) is 24.4. The summed E-state index contributed by atoms with van der Waals surface area (Å²) in [5.41, 5.74) is 0.109. The number of amides is 4. The first-order valence-corrected chi connectivity index (χ1v) is 12.2. The van der Waals surface area contributed by atoms with Crippen molar-refractivity contribution < 1.29 is 23.2 Å². The summed E-state index contributed by atoms with van der Waals surface area (Å²) in [4.78, 5) is 44.4. The van der Waals surface area contributed by atoms with Crippen molar-refractivity contribution in [3.05, 3.63) is 84.6 Å². The van der Waals surface area contributed by atoms with Gasteiger partial charge in [-0.2, -0.15) is 0 Å². The molecule has 2 aliphatic rings. The molecule has 2 N–H and O–H groups in total. The molecule has 2 fully saturated rings. The van der Waals surface area contributed by atoms with Crippen LogP contribution in [-0.4, -0.2) is 59.5 Å². The smallest absolute Gasteiger partial charge is 0.321 e. The molecule has 1 spiro atoms. The van der Waals surface area contributed by atoms with Crippen molar-refractivity contribution in [3.8, 4) is 0 Å². The van der Waals surface area contributed by atoms with Crippen molar-refractivity contribution in [1.82, 2.24) is 15.1 Å². The normalized spacial score (nSPS) is 16.8. The van der Waals surface area contributed by atoms with Crippen LogP contribution in [0.4, 0.5) is 20.6 Å². The molecule has 0 radical (unpaired) electrons. The Labute approximate surface area is 213 Å². The molecule has 10 heteroatoms. The standard InChI is InChI=1S/C27H28FN5O4/c28-22-10-4-5-11-23(22)30-26(36)31-14-12-27(13-15-31)25(35)32(19-33(27)20-7-2-1-3-8-20)18-24(34)29-17-21-9-6-16-37-21/h1-11,16H,12-15,17-19H2,(H,29,34)(H,30,36). The summed E-state index contributed by atoms with van der Waals surface area (Å²) < 4.78 is 19.3. The number of hydrogen-bond donors (Lipinski definition) is 2. The van der Waals surface area contributed by atoms with E-state index in [9.17, 15) is 18.8 Å². The minimum atomic E-state index is -0.878. The number of furan rings is 1. The van der Waals surface area contributed by atoms with E-state index in [1.165, 1.54) is 18.4 Å². The van der Waals surface area contributed by atoms with E-state index in [1.54, 1.807) is 34.1 Å². The molecule has 3 heterocycles. The van der Waals surface area contributed by atoms with Crippen LogP contribution in [0.1, 0.15) is 18.6 Å². The van der Waals surface area contributed by atoms with Crippen LogP contribution < -0.4 is 15.5 Å². The van der Waals surface area contributed by atoms with E-state index in [4.69, 9.17) is 4.42 Å². The number of para-hydroxylation sites is 2. The van der Waals surface area contributed by atoms with Crippen LogP contribution in [0.3, 0.4) is 0 Å². The van der Waals surface area contributed by atoms with Gasteiger partial charge in [0, 0.05) is 18.8 Å². The van der Waals surface area contributed by atoms with Crippen molar-refractivity contribution in [2.45, 2.75) is 24.9 Å². The number of nitrogens with one attached hydrogen (secondary N) is 2. The van der Waals surface area contributed by atoms with Gasteiger partial charge in [0.1, 0.15) is 23.7 Å². The van der Waals surface area contributed by atoms with Gasteiger partial charge in [0.05, 0.1) is 25.2 Å². The highest BCUT2D eigenvalue weighted by atomic mass is 19.1. The molecule has 0 saturated carbocycles. The van der Waals surface area contributed by atoms with E-state index in [2.05, 4.69) is 10.6 Å². The number of rotatable bonds is 6. The quantitative estimate of drug-likeness (QED) is 0.535. The number of urea groups is 1. The molecule has 5 rings (SSSR count). The monoisotopic (exact) mass is 505 g/mol. The summed E-state index contributed by atoms with van der Waals surface area (Å²) in [5, 5.41) is 5.41. The van der Waals surface area contributed by atoms with E-state index < -0.39 is 17.4 Å². The molecule has 0 atom stereocenters. The maximum absolute atomic E-state index is 14.0. The molecular weight excluding hydrogens is 477 g/mol. The largest absolute Gasteiger partial charge is 0.467 e. The Morgan fingerprint density at radius 2 is 1.70 bits per heavy atom. The van der Waals surface area contributed by atoms with Gasteiger partial charge in [-0.05, 0) is 49.2 Å². The molecule has 37 heavy (non-hydrogen) atoms. The van der Waals surface area contributed by atoms with Crippen molar-refractivity contribution in [2.75, 3.05) is 36.5 Å². The minimum absolute atomic E-state index is 0.0812. The summed E-state index contributed by atoms with van der Waals surface area (Å²) in [5.74, 6) is -0.300. The second-order valence-electron chi connectivity index (χ2n) is 9.19. The zero-order valence-corrected chi connectivity index (χ0v) is 20.2. The van der Waals surface area contributed by atoms with Gasteiger partial charge in [-0.1, -0.05) is 30.3 Å². The zero-order valence-electron chi connectivity index (χ0n) is 20.2. The van der Waals surface area contributed by atoms with Crippen LogP contribution in [0.15, 0.2) is 77.4 Å². The Morgan fingerprint density at radius 1 is 0.973 bits per heavy atom. The lowest BCUT2D eigenvalue weighted by Gasteiger charge is -2.43. The van der Waals surface area contributed by atoms with Gasteiger partial charge in [-0.25, -0.2) is 9.18 Å². The summed E-state index contributed by atoms with van der Waals surface area (Å²) in [6, 6.07) is 18.7. The van der Waals surface area contributed by atoms with Crippen molar-refractivity contribution in [2.24, 2.45) is 0 Å². The molecule has 9 nitrogen and oxygen atoms in total. The third kappa shape index (κ3) is 5.00. The molecule has 2 aliphatic heterocycles. The molecule has 1 aromatic heterocycles. The molecule has 0 bridgehead atoms. The average Bonchev–Trinajstić information content (AvgIpc) is 3.53. The molecule has 4 amide bonds. The number of benzene rings is 2. The number of halogens is 1. The van der Waals surface area contributed by atoms with Crippen LogP contribution >= 0.6 is 0 Å². The number of likely N-dealkylation sites (tertiary alicyclic amines) is 1. The second-order valence-corrected chi connectivity index (χ2v) is 9.19. The molecule has 2 saturated heterocycles. The third-order valence-electron chi connectivity index (χ3n) is 6.95. The van der Waals surface area contributed by atoms with E-state index >= 15 is 0 Å². The second kappa shape index (κ2) is 10.3.